The third-order valence-electron chi connectivity index (χ3n) is 2.71. The number of rotatable bonds is 8. The van der Waals surface area contributed by atoms with E-state index in [0.717, 1.165) is 11.3 Å². The van der Waals surface area contributed by atoms with Gasteiger partial charge < -0.3 is 19.9 Å². The summed E-state index contributed by atoms with van der Waals surface area (Å²) in [5.41, 5.74) is 1.07. The summed E-state index contributed by atoms with van der Waals surface area (Å²) in [6.45, 7) is 1.60. The third kappa shape index (κ3) is 5.71. The highest BCUT2D eigenvalue weighted by atomic mass is 16.5. The van der Waals surface area contributed by atoms with E-state index in [2.05, 4.69) is 5.32 Å². The van der Waals surface area contributed by atoms with Gasteiger partial charge in [-0.3, -0.25) is 4.79 Å². The summed E-state index contributed by atoms with van der Waals surface area (Å²) in [6.07, 6.45) is -0.299. The lowest BCUT2D eigenvalue weighted by molar-refractivity contribution is -0.150. The fourth-order valence-corrected chi connectivity index (χ4v) is 1.46. The summed E-state index contributed by atoms with van der Waals surface area (Å²) in [5, 5.41) is 11.3. The van der Waals surface area contributed by atoms with Crippen LogP contribution in [0.15, 0.2) is 24.3 Å². The predicted molar refractivity (Wildman–Crippen MR) is 72.8 cm³/mol. The molecule has 0 aromatic heterocycles. The van der Waals surface area contributed by atoms with Crippen molar-refractivity contribution >= 4 is 11.9 Å². The van der Waals surface area contributed by atoms with Crippen molar-refractivity contribution in [2.75, 3.05) is 20.3 Å². The third-order valence-corrected chi connectivity index (χ3v) is 2.71. The van der Waals surface area contributed by atoms with E-state index in [9.17, 15) is 9.59 Å². The van der Waals surface area contributed by atoms with Gasteiger partial charge in [-0.2, -0.15) is 0 Å². The molecule has 0 saturated heterocycles. The van der Waals surface area contributed by atoms with Crippen molar-refractivity contribution in [2.24, 2.45) is 0 Å². The van der Waals surface area contributed by atoms with Crippen molar-refractivity contribution in [1.82, 2.24) is 5.32 Å². The number of benzene rings is 1. The number of methoxy groups -OCH3 is 1. The molecule has 0 saturated carbocycles. The molecule has 1 amide bonds. The van der Waals surface area contributed by atoms with Crippen molar-refractivity contribution in [2.45, 2.75) is 19.4 Å². The first kappa shape index (κ1) is 16.0. The van der Waals surface area contributed by atoms with Gasteiger partial charge in [0.05, 0.1) is 7.11 Å². The van der Waals surface area contributed by atoms with Gasteiger partial charge in [0.15, 0.2) is 6.10 Å². The Morgan fingerprint density at radius 2 is 1.95 bits per heavy atom. The van der Waals surface area contributed by atoms with E-state index in [4.69, 9.17) is 14.6 Å². The number of carboxylic acid groups (broad SMARTS) is 1. The van der Waals surface area contributed by atoms with E-state index in [1.807, 2.05) is 24.3 Å². The van der Waals surface area contributed by atoms with Crippen molar-refractivity contribution in [3.63, 3.8) is 0 Å². The maximum atomic E-state index is 11.4. The minimum absolute atomic E-state index is 0.254. The minimum atomic E-state index is -1.09. The molecule has 0 aliphatic carbocycles. The van der Waals surface area contributed by atoms with Crippen molar-refractivity contribution < 1.29 is 24.2 Å². The van der Waals surface area contributed by atoms with Crippen LogP contribution in [0.25, 0.3) is 0 Å². The van der Waals surface area contributed by atoms with E-state index >= 15 is 0 Å². The predicted octanol–water partition coefficient (Wildman–Crippen LogP) is 0.844. The fourth-order valence-electron chi connectivity index (χ4n) is 1.46. The second-order valence-electron chi connectivity index (χ2n) is 4.24. The molecule has 0 bridgehead atoms. The summed E-state index contributed by atoms with van der Waals surface area (Å²) in [4.78, 5) is 21.9. The second-order valence-corrected chi connectivity index (χ2v) is 4.24. The van der Waals surface area contributed by atoms with E-state index in [1.54, 1.807) is 7.11 Å². The lowest BCUT2D eigenvalue weighted by Crippen LogP contribution is -2.32. The summed E-state index contributed by atoms with van der Waals surface area (Å²) < 4.78 is 9.92. The maximum absolute atomic E-state index is 11.4. The Morgan fingerprint density at radius 3 is 2.50 bits per heavy atom. The van der Waals surface area contributed by atoms with Crippen molar-refractivity contribution in [1.29, 1.82) is 0 Å². The van der Waals surface area contributed by atoms with Crippen molar-refractivity contribution in [3.8, 4) is 5.75 Å². The van der Waals surface area contributed by atoms with Gasteiger partial charge in [0.25, 0.3) is 0 Å². The Morgan fingerprint density at radius 1 is 1.30 bits per heavy atom. The first-order chi connectivity index (χ1) is 9.52. The Hall–Kier alpha value is -2.08. The zero-order valence-electron chi connectivity index (χ0n) is 11.6. The number of nitrogens with one attached hydrogen (secondary N) is 1. The highest BCUT2D eigenvalue weighted by Crippen LogP contribution is 2.11. The number of ether oxygens (including phenoxy) is 2. The monoisotopic (exact) mass is 281 g/mol. The molecule has 110 valence electrons. The van der Waals surface area contributed by atoms with Gasteiger partial charge in [-0.15, -0.1) is 0 Å². The smallest absolute Gasteiger partial charge is 0.332 e. The lowest BCUT2D eigenvalue weighted by atomic mass is 10.1. The Balaban J connectivity index is 2.22. The van der Waals surface area contributed by atoms with Gasteiger partial charge in [0.2, 0.25) is 5.91 Å². The van der Waals surface area contributed by atoms with Gasteiger partial charge >= 0.3 is 5.97 Å². The van der Waals surface area contributed by atoms with Crippen LogP contribution in [-0.2, 0) is 20.7 Å². The topological polar surface area (TPSA) is 84.9 Å². The average Bonchev–Trinajstić information content (AvgIpc) is 2.45. The minimum Gasteiger partial charge on any atom is -0.497 e. The molecule has 0 fully saturated rings. The van der Waals surface area contributed by atoms with Crippen LogP contribution in [0.2, 0.25) is 0 Å². The van der Waals surface area contributed by atoms with Gasteiger partial charge in [-0.05, 0) is 31.0 Å². The number of amides is 1. The zero-order valence-corrected chi connectivity index (χ0v) is 11.6. The molecule has 6 heteroatoms. The molecule has 0 aliphatic heterocycles. The molecule has 0 heterocycles. The number of carbonyl (C=O) groups is 2. The van der Waals surface area contributed by atoms with Crippen LogP contribution in [-0.4, -0.2) is 43.3 Å². The standard InChI is InChI=1S/C14H19NO5/c1-10(14(17)18)20-9-13(16)15-8-7-11-3-5-12(19-2)6-4-11/h3-6,10H,7-9H2,1-2H3,(H,15,16)(H,17,18)/t10-/m1/s1. The summed E-state index contributed by atoms with van der Waals surface area (Å²) in [5.74, 6) is -0.628. The van der Waals surface area contributed by atoms with Gasteiger partial charge in [-0.25, -0.2) is 4.79 Å². The Bertz CT molecular complexity index is 443. The molecule has 0 unspecified atom stereocenters. The second kappa shape index (κ2) is 8.16. The molecule has 0 spiro atoms. The molecule has 1 aromatic rings. The number of carboxylic acids is 1. The van der Waals surface area contributed by atoms with Crippen molar-refractivity contribution in [3.05, 3.63) is 29.8 Å². The van der Waals surface area contributed by atoms with Crippen LogP contribution in [0.3, 0.4) is 0 Å². The van der Waals surface area contributed by atoms with Crippen LogP contribution >= 0.6 is 0 Å². The van der Waals surface area contributed by atoms with Gasteiger partial charge in [0.1, 0.15) is 12.4 Å². The van der Waals surface area contributed by atoms with Crippen LogP contribution in [0.1, 0.15) is 12.5 Å². The first-order valence-electron chi connectivity index (χ1n) is 6.27. The largest absolute Gasteiger partial charge is 0.497 e. The summed E-state index contributed by atoms with van der Waals surface area (Å²) in [6, 6.07) is 7.56. The highest BCUT2D eigenvalue weighted by Gasteiger charge is 2.12. The maximum Gasteiger partial charge on any atom is 0.332 e. The van der Waals surface area contributed by atoms with Crippen LogP contribution < -0.4 is 10.1 Å². The van der Waals surface area contributed by atoms with E-state index in [0.29, 0.717) is 13.0 Å². The molecule has 2 N–H and O–H groups in total. The first-order valence-corrected chi connectivity index (χ1v) is 6.27. The van der Waals surface area contributed by atoms with Gasteiger partial charge in [0, 0.05) is 6.54 Å². The molecule has 0 radical (unpaired) electrons. The van der Waals surface area contributed by atoms with Crippen LogP contribution in [0.4, 0.5) is 0 Å². The highest BCUT2D eigenvalue weighted by molar-refractivity contribution is 5.78. The molecular weight excluding hydrogens is 262 g/mol. The van der Waals surface area contributed by atoms with E-state index in [1.165, 1.54) is 6.92 Å². The Labute approximate surface area is 117 Å². The average molecular weight is 281 g/mol. The molecule has 1 aromatic carbocycles. The fraction of sp³-hybridized carbons (Fsp3) is 0.429. The normalized spacial score (nSPS) is 11.7. The molecule has 1 rings (SSSR count). The SMILES string of the molecule is COc1ccc(CCNC(=O)CO[C@H](C)C(=O)O)cc1. The Kier molecular flexibility index (Phi) is 6.52. The summed E-state index contributed by atoms with van der Waals surface area (Å²) in [7, 11) is 1.60. The van der Waals surface area contributed by atoms with E-state index < -0.39 is 12.1 Å². The zero-order chi connectivity index (χ0) is 15.0. The molecular formula is C14H19NO5. The molecule has 0 aliphatic rings. The van der Waals surface area contributed by atoms with E-state index in [-0.39, 0.29) is 12.5 Å². The molecule has 1 atom stereocenters. The van der Waals surface area contributed by atoms with Crippen LogP contribution in [0, 0.1) is 0 Å². The quantitative estimate of drug-likeness (QED) is 0.737. The summed E-state index contributed by atoms with van der Waals surface area (Å²) >= 11 is 0. The number of aliphatic carboxylic acids is 1. The number of hydrogen-bond acceptors (Lipinski definition) is 4. The van der Waals surface area contributed by atoms with Crippen LogP contribution in [0.5, 0.6) is 5.75 Å². The number of hydrogen-bond donors (Lipinski definition) is 2. The number of carbonyl (C=O) groups excluding carboxylic acids is 1. The molecule has 20 heavy (non-hydrogen) atoms. The van der Waals surface area contributed by atoms with Gasteiger partial charge in [-0.1, -0.05) is 12.1 Å². The molecule has 6 nitrogen and oxygen atoms in total. The lowest BCUT2D eigenvalue weighted by Gasteiger charge is -2.09.